The van der Waals surface area contributed by atoms with Gasteiger partial charge in [0.25, 0.3) is 11.8 Å². The quantitative estimate of drug-likeness (QED) is 0.204. The lowest BCUT2D eigenvalue weighted by atomic mass is 9.81. The number of carbonyl (C=O) groups is 2. The molecule has 4 aliphatic heterocycles. The van der Waals surface area contributed by atoms with Gasteiger partial charge in [0, 0.05) is 87.7 Å². The molecule has 316 valence electrons. The van der Waals surface area contributed by atoms with Crippen molar-refractivity contribution >= 4 is 33.4 Å². The maximum Gasteiger partial charge on any atom is 0.416 e. The lowest BCUT2D eigenvalue weighted by molar-refractivity contribution is -0.138. The van der Waals surface area contributed by atoms with E-state index in [-0.39, 0.29) is 86.5 Å². The molecule has 2 amide bonds. The van der Waals surface area contributed by atoms with Crippen molar-refractivity contribution in [3.8, 4) is 0 Å². The van der Waals surface area contributed by atoms with Gasteiger partial charge in [0.2, 0.25) is 10.0 Å². The highest BCUT2D eigenvalue weighted by atomic mass is 35.5. The topological polar surface area (TPSA) is 139 Å². The minimum atomic E-state index is -4.73. The van der Waals surface area contributed by atoms with E-state index in [0.29, 0.717) is 41.5 Å². The number of likely N-dealkylation sites (tertiary alicyclic amines) is 2. The first-order chi connectivity index (χ1) is 28.1. The van der Waals surface area contributed by atoms with Gasteiger partial charge in [0.15, 0.2) is 11.4 Å². The number of hydrogen-bond donors (Lipinski definition) is 2. The van der Waals surface area contributed by atoms with E-state index in [9.17, 15) is 40.0 Å². The minimum Gasteiger partial charge on any atom is -0.337 e. The Kier molecular flexibility index (Phi) is 11.4. The lowest BCUT2D eigenvalue weighted by Gasteiger charge is -2.40. The fourth-order valence-electron chi connectivity index (χ4n) is 9.28. The number of carbonyl (C=O) groups excluding carboxylic acids is 2. The second kappa shape index (κ2) is 16.2. The van der Waals surface area contributed by atoms with Crippen LogP contribution in [0.2, 0.25) is 5.02 Å². The monoisotopic (exact) mass is 862 g/mol. The summed E-state index contributed by atoms with van der Waals surface area (Å²) in [4.78, 5) is 33.3. The highest BCUT2D eigenvalue weighted by molar-refractivity contribution is 7.89. The van der Waals surface area contributed by atoms with Gasteiger partial charge in [0.05, 0.1) is 16.3 Å². The molecule has 2 saturated heterocycles. The first-order valence-electron chi connectivity index (χ1n) is 19.8. The number of nitrogens with one attached hydrogen (secondary N) is 2. The van der Waals surface area contributed by atoms with E-state index in [2.05, 4.69) is 32.2 Å². The smallest absolute Gasteiger partial charge is 0.337 e. The number of nitrogens with zero attached hydrogens (tertiary/aromatic N) is 6. The number of fused-ring (bicyclic) bond motifs is 2. The molecule has 2 N–H and O–H groups in total. The van der Waals surface area contributed by atoms with Crippen LogP contribution in [-0.4, -0.2) is 111 Å². The number of likely N-dealkylation sites (N-methyl/N-ethyl adjacent to an activating group) is 1. The van der Waals surface area contributed by atoms with Gasteiger partial charge >= 0.3 is 6.18 Å². The third-order valence-corrected chi connectivity index (χ3v) is 14.9. The summed E-state index contributed by atoms with van der Waals surface area (Å²) in [6.07, 6.45) is -3.00. The molecule has 19 heteroatoms. The minimum absolute atomic E-state index is 0.0141. The Bertz CT molecular complexity index is 2360. The number of H-pyrrole nitrogens is 2. The highest BCUT2D eigenvalue weighted by Gasteiger charge is 2.42. The molecule has 0 radical (unpaired) electrons. The summed E-state index contributed by atoms with van der Waals surface area (Å²) in [6, 6.07) is 7.11. The van der Waals surface area contributed by atoms with Crippen molar-refractivity contribution in [3.63, 3.8) is 0 Å². The van der Waals surface area contributed by atoms with Gasteiger partial charge in [-0.05, 0) is 72.9 Å². The van der Waals surface area contributed by atoms with E-state index in [1.54, 1.807) is 11.0 Å². The van der Waals surface area contributed by atoms with Crippen molar-refractivity contribution in [3.05, 3.63) is 104 Å². The number of aromatic amines is 2. The van der Waals surface area contributed by atoms with Crippen LogP contribution in [0.4, 0.5) is 22.0 Å². The van der Waals surface area contributed by atoms with Crippen LogP contribution in [0.25, 0.3) is 0 Å². The number of piperidine rings is 2. The van der Waals surface area contributed by atoms with Crippen LogP contribution >= 0.6 is 11.6 Å². The van der Waals surface area contributed by atoms with Crippen LogP contribution in [-0.2, 0) is 42.1 Å². The normalized spacial score (nSPS) is 21.1. The van der Waals surface area contributed by atoms with Crippen LogP contribution in [0.15, 0.2) is 36.4 Å². The van der Waals surface area contributed by atoms with Crippen LogP contribution in [0.1, 0.15) is 98.2 Å². The van der Waals surface area contributed by atoms with Gasteiger partial charge < -0.3 is 9.80 Å². The summed E-state index contributed by atoms with van der Waals surface area (Å²) in [5.41, 5.74) is 2.56. The van der Waals surface area contributed by atoms with Crippen molar-refractivity contribution < 1.29 is 40.0 Å². The molecule has 6 heterocycles. The molecule has 2 unspecified atom stereocenters. The van der Waals surface area contributed by atoms with E-state index in [0.717, 1.165) is 42.9 Å². The van der Waals surface area contributed by atoms with E-state index < -0.39 is 57.1 Å². The van der Waals surface area contributed by atoms with Gasteiger partial charge in [-0.2, -0.15) is 27.7 Å². The zero-order chi connectivity index (χ0) is 41.8. The molecule has 4 aliphatic rings. The van der Waals surface area contributed by atoms with Crippen LogP contribution < -0.4 is 0 Å². The molecule has 2 aromatic heterocycles. The van der Waals surface area contributed by atoms with Crippen molar-refractivity contribution in [1.29, 1.82) is 0 Å². The molecule has 2 aromatic carbocycles. The van der Waals surface area contributed by atoms with E-state index >= 15 is 0 Å². The Labute approximate surface area is 343 Å². The Morgan fingerprint density at radius 1 is 0.847 bits per heavy atom. The average molecular weight is 863 g/mol. The van der Waals surface area contributed by atoms with Crippen LogP contribution in [0.5, 0.6) is 0 Å². The highest BCUT2D eigenvalue weighted by Crippen LogP contribution is 2.41. The number of rotatable bonds is 8. The third kappa shape index (κ3) is 8.12. The first-order valence-corrected chi connectivity index (χ1v) is 21.8. The molecular formula is C40H44ClF5N8O4S. The number of halogens is 6. The molecule has 0 saturated carbocycles. The Morgan fingerprint density at radius 2 is 1.49 bits per heavy atom. The standard InChI is InChI=1S/C40H44ClF5N8O4S/c1-2-51-13-11-33-29(20-51)36(49-47-33)39(56)53-16-10-26(28-4-3-5-32(43)35(28)41)24(19-53)22-59(57,58)54-17-12-34-30(21-54)37(50-48-34)38(55)52-14-8-23(9-15-52)27-7-6-25(42)18-31(27)40(44,45)46/h3-7,18,23-24,26H,2,8-17,19-22H2,1H3,(H,47,49)(H,48,50). The molecule has 59 heavy (non-hydrogen) atoms. The Balaban J connectivity index is 0.991. The molecule has 12 nitrogen and oxygen atoms in total. The third-order valence-electron chi connectivity index (χ3n) is 12.5. The maximum atomic E-state index is 14.8. The summed E-state index contributed by atoms with van der Waals surface area (Å²) in [6.45, 7) is 4.83. The van der Waals surface area contributed by atoms with Gasteiger partial charge in [-0.1, -0.05) is 36.7 Å². The molecule has 0 aliphatic carbocycles. The number of benzene rings is 2. The predicted octanol–water partition coefficient (Wildman–Crippen LogP) is 6.12. The second-order valence-electron chi connectivity index (χ2n) is 15.9. The van der Waals surface area contributed by atoms with Crippen molar-refractivity contribution in [2.24, 2.45) is 5.92 Å². The second-order valence-corrected chi connectivity index (χ2v) is 18.3. The molecule has 4 aromatic rings. The summed E-state index contributed by atoms with van der Waals surface area (Å²) in [5.74, 6) is -4.48. The Hall–Kier alpha value is -4.39. The number of alkyl halides is 3. The van der Waals surface area contributed by atoms with E-state index in [1.165, 1.54) is 21.3 Å². The van der Waals surface area contributed by atoms with Crippen molar-refractivity contribution in [2.45, 2.75) is 70.1 Å². The van der Waals surface area contributed by atoms with Gasteiger partial charge in [-0.3, -0.25) is 24.7 Å². The molecule has 2 atom stereocenters. The maximum absolute atomic E-state index is 14.8. The zero-order valence-electron chi connectivity index (χ0n) is 32.3. The van der Waals surface area contributed by atoms with Crippen LogP contribution in [0.3, 0.4) is 0 Å². The van der Waals surface area contributed by atoms with E-state index in [1.807, 2.05) is 0 Å². The van der Waals surface area contributed by atoms with Crippen molar-refractivity contribution in [2.75, 3.05) is 51.6 Å². The number of aromatic nitrogens is 4. The summed E-state index contributed by atoms with van der Waals surface area (Å²) < 4.78 is 99.9. The van der Waals surface area contributed by atoms with Gasteiger partial charge in [0.1, 0.15) is 11.6 Å². The molecule has 8 rings (SSSR count). The largest absolute Gasteiger partial charge is 0.416 e. The molecular weight excluding hydrogens is 819 g/mol. The molecule has 0 bridgehead atoms. The summed E-state index contributed by atoms with van der Waals surface area (Å²) >= 11 is 6.48. The fraction of sp³-hybridized carbons (Fsp3) is 0.500. The first kappa shape index (κ1) is 41.3. The number of sulfonamides is 1. The van der Waals surface area contributed by atoms with Crippen molar-refractivity contribution in [1.82, 2.24) is 39.4 Å². The molecule has 0 spiro atoms. The number of hydrogen-bond acceptors (Lipinski definition) is 7. The van der Waals surface area contributed by atoms with Gasteiger partial charge in [-0.25, -0.2) is 17.2 Å². The lowest BCUT2D eigenvalue weighted by Crippen LogP contribution is -2.48. The van der Waals surface area contributed by atoms with Crippen LogP contribution in [0, 0.1) is 17.6 Å². The zero-order valence-corrected chi connectivity index (χ0v) is 33.9. The summed E-state index contributed by atoms with van der Waals surface area (Å²) in [7, 11) is -4.08. The van der Waals surface area contributed by atoms with Gasteiger partial charge in [-0.15, -0.1) is 0 Å². The average Bonchev–Trinajstić information content (AvgIpc) is 3.85. The number of amides is 2. The summed E-state index contributed by atoms with van der Waals surface area (Å²) in [5, 5.41) is 14.5. The SMILES string of the molecule is CCN1CCc2[nH]nc(C(=O)N3CCC(c4cccc(F)c4Cl)C(CS(=O)(=O)N4CCc5[nH]nc(C(=O)N6CCC(c7ccc(F)cc7C(F)(F)F)CC6)c5C4)C3)c2C1. The molecule has 2 fully saturated rings. The Morgan fingerprint density at radius 3 is 2.17 bits per heavy atom. The van der Waals surface area contributed by atoms with E-state index in [4.69, 9.17) is 11.6 Å². The predicted molar refractivity (Wildman–Crippen MR) is 207 cm³/mol. The fourth-order valence-corrected chi connectivity index (χ4v) is 11.3.